The topological polar surface area (TPSA) is 85.8 Å². The van der Waals surface area contributed by atoms with E-state index in [1.54, 1.807) is 40.0 Å². The molecule has 0 saturated carbocycles. The molecule has 0 atom stereocenters. The summed E-state index contributed by atoms with van der Waals surface area (Å²) < 4.78 is 3.24. The second-order valence-corrected chi connectivity index (χ2v) is 7.73. The first-order valence-corrected chi connectivity index (χ1v) is 9.79. The number of carboxylic acids is 1. The van der Waals surface area contributed by atoms with E-state index in [1.807, 2.05) is 31.4 Å². The predicted octanol–water partition coefficient (Wildman–Crippen LogP) is 4.66. The third-order valence-electron chi connectivity index (χ3n) is 4.20. The van der Waals surface area contributed by atoms with Crippen molar-refractivity contribution in [1.29, 1.82) is 0 Å². The van der Waals surface area contributed by atoms with Crippen molar-refractivity contribution in [2.75, 3.05) is 0 Å². The van der Waals surface area contributed by atoms with Crippen LogP contribution in [0.25, 0.3) is 22.2 Å². The predicted molar refractivity (Wildman–Crippen MR) is 108 cm³/mol. The van der Waals surface area contributed by atoms with Gasteiger partial charge in [0.1, 0.15) is 17.0 Å². The first kappa shape index (κ1) is 18.4. The minimum absolute atomic E-state index is 0.0654. The molecule has 1 aromatic carbocycles. The molecule has 0 radical (unpaired) electrons. The Morgan fingerprint density at radius 1 is 1.18 bits per heavy atom. The largest absolute Gasteiger partial charge is 0.478 e. The standard InChI is InChI=1S/C19H16ClN5O2S/c1-11(2)16-15(18(26)27)17(25(23-16)19-21-8-10-28-19)14-7-9-24(22-14)13-5-3-12(20)4-6-13/h3-11H,1-2H3,(H,26,27). The minimum Gasteiger partial charge on any atom is -0.478 e. The van der Waals surface area contributed by atoms with E-state index < -0.39 is 5.97 Å². The minimum atomic E-state index is -1.04. The van der Waals surface area contributed by atoms with Gasteiger partial charge in [0.2, 0.25) is 5.13 Å². The van der Waals surface area contributed by atoms with Gasteiger partial charge in [-0.25, -0.2) is 19.1 Å². The van der Waals surface area contributed by atoms with Crippen molar-refractivity contribution in [3.05, 3.63) is 64.4 Å². The van der Waals surface area contributed by atoms with Gasteiger partial charge in [-0.1, -0.05) is 25.4 Å². The number of hydrogen-bond donors (Lipinski definition) is 1. The smallest absolute Gasteiger partial charge is 0.339 e. The van der Waals surface area contributed by atoms with Crippen LogP contribution in [0.3, 0.4) is 0 Å². The Morgan fingerprint density at radius 2 is 1.93 bits per heavy atom. The molecule has 3 aromatic heterocycles. The number of hydrogen-bond acceptors (Lipinski definition) is 5. The molecule has 1 N–H and O–H groups in total. The number of nitrogens with zero attached hydrogens (tertiary/aromatic N) is 5. The van der Waals surface area contributed by atoms with Crippen LogP contribution in [0.1, 0.15) is 35.8 Å². The SMILES string of the molecule is CC(C)c1nn(-c2nccs2)c(-c2ccn(-c3ccc(Cl)cc3)n2)c1C(=O)O. The average Bonchev–Trinajstić information content (AvgIpc) is 3.39. The Morgan fingerprint density at radius 3 is 2.54 bits per heavy atom. The van der Waals surface area contributed by atoms with E-state index >= 15 is 0 Å². The number of benzene rings is 1. The number of aromatic nitrogens is 5. The van der Waals surface area contributed by atoms with Crippen LogP contribution in [0.5, 0.6) is 0 Å². The lowest BCUT2D eigenvalue weighted by molar-refractivity contribution is 0.0696. The summed E-state index contributed by atoms with van der Waals surface area (Å²) in [6.45, 7) is 3.83. The molecule has 0 fully saturated rings. The van der Waals surface area contributed by atoms with Crippen LogP contribution in [0.4, 0.5) is 0 Å². The maximum Gasteiger partial charge on any atom is 0.339 e. The van der Waals surface area contributed by atoms with E-state index in [4.69, 9.17) is 11.6 Å². The molecule has 0 bridgehead atoms. The summed E-state index contributed by atoms with van der Waals surface area (Å²) in [5.74, 6) is -1.10. The monoisotopic (exact) mass is 413 g/mol. The number of rotatable bonds is 5. The molecular formula is C19H16ClN5O2S. The third-order valence-corrected chi connectivity index (χ3v) is 5.20. The third kappa shape index (κ3) is 3.21. The van der Waals surface area contributed by atoms with Gasteiger partial charge in [-0.15, -0.1) is 11.3 Å². The molecule has 9 heteroatoms. The zero-order chi connectivity index (χ0) is 19.8. The molecule has 0 amide bonds. The van der Waals surface area contributed by atoms with Gasteiger partial charge < -0.3 is 5.11 Å². The summed E-state index contributed by atoms with van der Waals surface area (Å²) in [5, 5.41) is 22.1. The second kappa shape index (κ2) is 7.21. The van der Waals surface area contributed by atoms with Crippen molar-refractivity contribution in [3.8, 4) is 22.2 Å². The van der Waals surface area contributed by atoms with E-state index in [2.05, 4.69) is 15.2 Å². The van der Waals surface area contributed by atoms with E-state index in [0.717, 1.165) is 5.69 Å². The van der Waals surface area contributed by atoms with Crippen LogP contribution in [-0.2, 0) is 0 Å². The fraction of sp³-hybridized carbons (Fsp3) is 0.158. The summed E-state index contributed by atoms with van der Waals surface area (Å²) >= 11 is 7.34. The fourth-order valence-electron chi connectivity index (χ4n) is 2.93. The van der Waals surface area contributed by atoms with Gasteiger partial charge in [-0.3, -0.25) is 0 Å². The zero-order valence-electron chi connectivity index (χ0n) is 15.1. The Labute approximate surface area is 169 Å². The molecule has 0 spiro atoms. The molecule has 0 aliphatic carbocycles. The number of carbonyl (C=O) groups is 1. The highest BCUT2D eigenvalue weighted by molar-refractivity contribution is 7.12. The van der Waals surface area contributed by atoms with Gasteiger partial charge in [-0.05, 0) is 36.2 Å². The zero-order valence-corrected chi connectivity index (χ0v) is 16.6. The lowest BCUT2D eigenvalue weighted by Gasteiger charge is -2.04. The number of carboxylic acid groups (broad SMARTS) is 1. The van der Waals surface area contributed by atoms with Crippen LogP contribution >= 0.6 is 22.9 Å². The highest BCUT2D eigenvalue weighted by Crippen LogP contribution is 2.32. The first-order valence-electron chi connectivity index (χ1n) is 8.53. The van der Waals surface area contributed by atoms with E-state index in [9.17, 15) is 9.90 Å². The van der Waals surface area contributed by atoms with Crippen molar-refractivity contribution in [2.45, 2.75) is 19.8 Å². The Bertz CT molecular complexity index is 1130. The van der Waals surface area contributed by atoms with Crippen LogP contribution in [0.15, 0.2) is 48.1 Å². The molecule has 4 rings (SSSR count). The van der Waals surface area contributed by atoms with E-state index in [1.165, 1.54) is 11.3 Å². The lowest BCUT2D eigenvalue weighted by atomic mass is 10.0. The highest BCUT2D eigenvalue weighted by atomic mass is 35.5. The molecule has 0 aliphatic rings. The summed E-state index contributed by atoms with van der Waals surface area (Å²) in [6, 6.07) is 9.01. The molecule has 7 nitrogen and oxygen atoms in total. The van der Waals surface area contributed by atoms with Crippen molar-refractivity contribution in [2.24, 2.45) is 0 Å². The van der Waals surface area contributed by atoms with Gasteiger partial charge in [0.05, 0.1) is 11.4 Å². The van der Waals surface area contributed by atoms with Crippen LogP contribution in [-0.4, -0.2) is 35.6 Å². The second-order valence-electron chi connectivity index (χ2n) is 6.42. The van der Waals surface area contributed by atoms with Gasteiger partial charge >= 0.3 is 5.97 Å². The van der Waals surface area contributed by atoms with Crippen molar-refractivity contribution >= 4 is 28.9 Å². The normalized spacial score (nSPS) is 11.3. The molecular weight excluding hydrogens is 398 g/mol. The number of thiazole rings is 1. The van der Waals surface area contributed by atoms with Gasteiger partial charge in [0.15, 0.2) is 0 Å². The van der Waals surface area contributed by atoms with Gasteiger partial charge in [-0.2, -0.15) is 10.2 Å². The number of aromatic carboxylic acids is 1. The van der Waals surface area contributed by atoms with Crippen LogP contribution in [0.2, 0.25) is 5.02 Å². The highest BCUT2D eigenvalue weighted by Gasteiger charge is 2.29. The molecule has 4 aromatic rings. The Balaban J connectivity index is 1.91. The number of halogens is 1. The molecule has 0 saturated heterocycles. The first-order chi connectivity index (χ1) is 13.5. The van der Waals surface area contributed by atoms with Gasteiger partial charge in [0.25, 0.3) is 0 Å². The molecule has 3 heterocycles. The van der Waals surface area contributed by atoms with Crippen LogP contribution < -0.4 is 0 Å². The van der Waals surface area contributed by atoms with Crippen molar-refractivity contribution in [3.63, 3.8) is 0 Å². The van der Waals surface area contributed by atoms with Gasteiger partial charge in [0, 0.05) is 22.8 Å². The quantitative estimate of drug-likeness (QED) is 0.514. The van der Waals surface area contributed by atoms with Crippen molar-refractivity contribution < 1.29 is 9.90 Å². The summed E-state index contributed by atoms with van der Waals surface area (Å²) in [4.78, 5) is 16.4. The summed E-state index contributed by atoms with van der Waals surface area (Å²) in [6.07, 6.45) is 3.44. The average molecular weight is 414 g/mol. The van der Waals surface area contributed by atoms with Crippen LogP contribution in [0, 0.1) is 0 Å². The van der Waals surface area contributed by atoms with E-state index in [0.29, 0.717) is 27.2 Å². The maximum absolute atomic E-state index is 12.1. The fourth-order valence-corrected chi connectivity index (χ4v) is 3.66. The summed E-state index contributed by atoms with van der Waals surface area (Å²) in [7, 11) is 0. The molecule has 0 unspecified atom stereocenters. The lowest BCUT2D eigenvalue weighted by Crippen LogP contribution is -2.05. The Hall–Kier alpha value is -2.97. The Kier molecular flexibility index (Phi) is 4.74. The van der Waals surface area contributed by atoms with Crippen molar-refractivity contribution in [1.82, 2.24) is 24.5 Å². The molecule has 0 aliphatic heterocycles. The molecule has 28 heavy (non-hydrogen) atoms. The molecule has 142 valence electrons. The summed E-state index contributed by atoms with van der Waals surface area (Å²) in [5.41, 5.74) is 2.38. The maximum atomic E-state index is 12.1. The van der Waals surface area contributed by atoms with E-state index in [-0.39, 0.29) is 11.5 Å².